The molecule has 0 aliphatic heterocycles. The Morgan fingerprint density at radius 3 is 2.83 bits per heavy atom. The van der Waals surface area contributed by atoms with E-state index in [9.17, 15) is 9.90 Å². The number of hydrogen-bond donors (Lipinski definition) is 0. The first-order valence-corrected chi connectivity index (χ1v) is 3.54. The standard InChI is InChI=1S/C9H10O2.Na/c10-9(11)7-6-8-4-2-1-3-5-8;/h1-2,4,6-7H,3,5H2,(H,10,11);/q;+1/p-1/b7-6+;. The van der Waals surface area contributed by atoms with E-state index in [1.807, 2.05) is 12.2 Å². The fourth-order valence-electron chi connectivity index (χ4n) is 0.935. The summed E-state index contributed by atoms with van der Waals surface area (Å²) in [5.74, 6) is -1.14. The quantitative estimate of drug-likeness (QED) is 0.343. The molecule has 0 aromatic carbocycles. The Kier molecular flexibility index (Phi) is 6.07. The minimum Gasteiger partial charge on any atom is -0.545 e. The van der Waals surface area contributed by atoms with Gasteiger partial charge in [0.1, 0.15) is 0 Å². The zero-order valence-corrected chi connectivity index (χ0v) is 9.12. The summed E-state index contributed by atoms with van der Waals surface area (Å²) >= 11 is 0. The van der Waals surface area contributed by atoms with Crippen molar-refractivity contribution in [2.75, 3.05) is 0 Å². The van der Waals surface area contributed by atoms with Gasteiger partial charge in [-0.15, -0.1) is 0 Å². The smallest absolute Gasteiger partial charge is 0.545 e. The van der Waals surface area contributed by atoms with Gasteiger partial charge in [0, 0.05) is 0 Å². The fraction of sp³-hybridized carbons (Fsp3) is 0.222. The second-order valence-electron chi connectivity index (χ2n) is 2.36. The zero-order valence-electron chi connectivity index (χ0n) is 7.12. The molecule has 0 radical (unpaired) electrons. The zero-order chi connectivity index (χ0) is 8.10. The van der Waals surface area contributed by atoms with Crippen LogP contribution in [0.1, 0.15) is 12.8 Å². The van der Waals surface area contributed by atoms with Crippen molar-refractivity contribution in [2.24, 2.45) is 0 Å². The van der Waals surface area contributed by atoms with E-state index in [1.54, 1.807) is 6.08 Å². The molecule has 1 rings (SSSR count). The molecule has 2 nitrogen and oxygen atoms in total. The topological polar surface area (TPSA) is 40.1 Å². The van der Waals surface area contributed by atoms with Crippen molar-refractivity contribution in [1.29, 1.82) is 0 Å². The summed E-state index contributed by atoms with van der Waals surface area (Å²) in [6, 6.07) is 0. The first-order chi connectivity index (χ1) is 5.29. The van der Waals surface area contributed by atoms with E-state index in [4.69, 9.17) is 0 Å². The van der Waals surface area contributed by atoms with Crippen molar-refractivity contribution in [3.63, 3.8) is 0 Å². The van der Waals surface area contributed by atoms with Gasteiger partial charge in [-0.2, -0.15) is 0 Å². The van der Waals surface area contributed by atoms with E-state index in [-0.39, 0.29) is 29.6 Å². The Bertz CT molecular complexity index is 239. The first kappa shape index (κ1) is 11.7. The number of rotatable bonds is 2. The molecule has 0 N–H and O–H groups in total. The summed E-state index contributed by atoms with van der Waals surface area (Å²) in [7, 11) is 0. The van der Waals surface area contributed by atoms with Crippen LogP contribution in [0.2, 0.25) is 0 Å². The maximum absolute atomic E-state index is 10.00. The first-order valence-electron chi connectivity index (χ1n) is 3.54. The van der Waals surface area contributed by atoms with Gasteiger partial charge in [-0.3, -0.25) is 0 Å². The van der Waals surface area contributed by atoms with E-state index in [0.717, 1.165) is 24.5 Å². The Balaban J connectivity index is 0.00000121. The average molecular weight is 172 g/mol. The van der Waals surface area contributed by atoms with E-state index in [1.165, 1.54) is 0 Å². The SMILES string of the molecule is O=C([O-])/C=C/C1=CC=CCC1.[Na+]. The number of carbonyl (C=O) groups excluding carboxylic acids is 1. The molecule has 1 aliphatic carbocycles. The second kappa shape index (κ2) is 6.23. The van der Waals surface area contributed by atoms with Gasteiger partial charge in [0.15, 0.2) is 0 Å². The minimum atomic E-state index is -1.14. The van der Waals surface area contributed by atoms with Gasteiger partial charge in [-0.05, 0) is 24.5 Å². The summed E-state index contributed by atoms with van der Waals surface area (Å²) in [5, 5.41) is 10.00. The molecule has 0 aromatic heterocycles. The molecular weight excluding hydrogens is 163 g/mol. The molecule has 0 amide bonds. The largest absolute Gasteiger partial charge is 1.00 e. The molecule has 58 valence electrons. The number of carboxylic acid groups (broad SMARTS) is 1. The van der Waals surface area contributed by atoms with Crippen LogP contribution in [0.4, 0.5) is 0 Å². The van der Waals surface area contributed by atoms with Crippen molar-refractivity contribution < 1.29 is 39.5 Å². The van der Waals surface area contributed by atoms with Gasteiger partial charge >= 0.3 is 29.6 Å². The maximum atomic E-state index is 10.00. The van der Waals surface area contributed by atoms with Gasteiger partial charge in [0.2, 0.25) is 0 Å². The van der Waals surface area contributed by atoms with E-state index >= 15 is 0 Å². The van der Waals surface area contributed by atoms with Gasteiger partial charge in [-0.25, -0.2) is 0 Å². The van der Waals surface area contributed by atoms with Crippen molar-refractivity contribution >= 4 is 5.97 Å². The third kappa shape index (κ3) is 4.54. The normalized spacial score (nSPS) is 15.5. The summed E-state index contributed by atoms with van der Waals surface area (Å²) in [5.41, 5.74) is 1.04. The van der Waals surface area contributed by atoms with Crippen LogP contribution >= 0.6 is 0 Å². The molecule has 0 atom stereocenters. The van der Waals surface area contributed by atoms with Crippen molar-refractivity contribution in [3.8, 4) is 0 Å². The van der Waals surface area contributed by atoms with Crippen LogP contribution in [-0.4, -0.2) is 5.97 Å². The predicted octanol–water partition coefficient (Wildman–Crippen LogP) is -2.43. The van der Waals surface area contributed by atoms with Gasteiger partial charge < -0.3 is 9.90 Å². The van der Waals surface area contributed by atoms with Crippen LogP contribution in [0.3, 0.4) is 0 Å². The molecule has 0 unspecified atom stereocenters. The van der Waals surface area contributed by atoms with Crippen molar-refractivity contribution in [2.45, 2.75) is 12.8 Å². The molecule has 0 fully saturated rings. The molecule has 0 bridgehead atoms. The molecule has 0 heterocycles. The summed E-state index contributed by atoms with van der Waals surface area (Å²) in [6.45, 7) is 0. The Morgan fingerprint density at radius 1 is 1.58 bits per heavy atom. The van der Waals surface area contributed by atoms with E-state index in [2.05, 4.69) is 6.08 Å². The van der Waals surface area contributed by atoms with Gasteiger partial charge in [0.25, 0.3) is 0 Å². The molecular formula is C9H9NaO2. The van der Waals surface area contributed by atoms with Crippen LogP contribution < -0.4 is 34.7 Å². The fourth-order valence-corrected chi connectivity index (χ4v) is 0.935. The second-order valence-corrected chi connectivity index (χ2v) is 2.36. The molecule has 12 heavy (non-hydrogen) atoms. The monoisotopic (exact) mass is 172 g/mol. The Labute approximate surface area is 94.0 Å². The summed E-state index contributed by atoms with van der Waals surface area (Å²) < 4.78 is 0. The molecule has 0 saturated carbocycles. The maximum Gasteiger partial charge on any atom is 1.00 e. The van der Waals surface area contributed by atoms with Crippen LogP contribution in [0.15, 0.2) is 36.0 Å². The number of hydrogen-bond acceptors (Lipinski definition) is 2. The summed E-state index contributed by atoms with van der Waals surface area (Å²) in [6.07, 6.45) is 10.4. The van der Waals surface area contributed by atoms with Crippen LogP contribution in [0.5, 0.6) is 0 Å². The van der Waals surface area contributed by atoms with Crippen molar-refractivity contribution in [1.82, 2.24) is 0 Å². The predicted molar refractivity (Wildman–Crippen MR) is 40.6 cm³/mol. The number of carboxylic acids is 1. The molecule has 0 spiro atoms. The summed E-state index contributed by atoms with van der Waals surface area (Å²) in [4.78, 5) is 10.00. The van der Waals surface area contributed by atoms with Crippen LogP contribution in [-0.2, 0) is 4.79 Å². The van der Waals surface area contributed by atoms with Gasteiger partial charge in [0.05, 0.1) is 5.97 Å². The van der Waals surface area contributed by atoms with Gasteiger partial charge in [-0.1, -0.05) is 24.3 Å². The number of carbonyl (C=O) groups is 1. The average Bonchev–Trinajstić information content (AvgIpc) is 2.03. The van der Waals surface area contributed by atoms with Crippen molar-refractivity contribution in [3.05, 3.63) is 36.0 Å². The van der Waals surface area contributed by atoms with E-state index in [0.29, 0.717) is 0 Å². The van der Waals surface area contributed by atoms with E-state index < -0.39 is 5.97 Å². The molecule has 3 heteroatoms. The van der Waals surface area contributed by atoms with Crippen LogP contribution in [0.25, 0.3) is 0 Å². The third-order valence-electron chi connectivity index (χ3n) is 1.48. The van der Waals surface area contributed by atoms with Crippen LogP contribution in [0, 0.1) is 0 Å². The third-order valence-corrected chi connectivity index (χ3v) is 1.48. The molecule has 0 saturated heterocycles. The Morgan fingerprint density at radius 2 is 2.33 bits per heavy atom. The Hall–Kier alpha value is -0.310. The minimum absolute atomic E-state index is 0. The molecule has 0 aromatic rings. The number of allylic oxidation sites excluding steroid dienone is 5. The molecule has 1 aliphatic rings. The number of aliphatic carboxylic acids is 1.